The molecular weight excluding hydrogens is 180 g/mol. The smallest absolute Gasteiger partial charge is 0.166 e. The highest BCUT2D eigenvalue weighted by Gasteiger charge is 2.24. The van der Waals surface area contributed by atoms with E-state index < -0.39 is 0 Å². The lowest BCUT2D eigenvalue weighted by molar-refractivity contribution is -0.129. The second kappa shape index (κ2) is 3.75. The van der Waals surface area contributed by atoms with E-state index in [4.69, 9.17) is 10.5 Å². The van der Waals surface area contributed by atoms with E-state index in [1.165, 1.54) is 0 Å². The van der Waals surface area contributed by atoms with Crippen molar-refractivity contribution in [2.24, 2.45) is 0 Å². The quantitative estimate of drug-likeness (QED) is 0.712. The molecular formula is C10H12N2O2. The maximum atomic E-state index is 11.5. The average Bonchev–Trinajstić information content (AvgIpc) is 2.20. The van der Waals surface area contributed by atoms with Gasteiger partial charge in [0.25, 0.3) is 0 Å². The zero-order chi connectivity index (χ0) is 9.97. The first kappa shape index (κ1) is 9.15. The fourth-order valence-corrected chi connectivity index (χ4v) is 1.61. The van der Waals surface area contributed by atoms with E-state index in [0.29, 0.717) is 12.4 Å². The molecule has 1 fully saturated rings. The van der Waals surface area contributed by atoms with Crippen molar-refractivity contribution in [1.82, 2.24) is 4.98 Å². The topological polar surface area (TPSA) is 65.2 Å². The number of nitrogens with two attached hydrogens (primary N) is 1. The van der Waals surface area contributed by atoms with E-state index in [-0.39, 0.29) is 18.3 Å². The van der Waals surface area contributed by atoms with Gasteiger partial charge in [0, 0.05) is 18.7 Å². The Kier molecular flexibility index (Phi) is 2.45. The van der Waals surface area contributed by atoms with E-state index in [1.807, 2.05) is 6.07 Å². The van der Waals surface area contributed by atoms with Crippen molar-refractivity contribution < 1.29 is 9.53 Å². The number of Topliss-reactive ketones (excluding diaryl/α,β-unsaturated/α-hetero) is 1. The number of nitrogen functional groups attached to an aromatic ring is 1. The predicted molar refractivity (Wildman–Crippen MR) is 51.8 cm³/mol. The highest BCUT2D eigenvalue weighted by atomic mass is 16.5. The Morgan fingerprint density at radius 1 is 1.50 bits per heavy atom. The Morgan fingerprint density at radius 3 is 3.00 bits per heavy atom. The molecule has 0 aliphatic carbocycles. The number of hydrogen-bond donors (Lipinski definition) is 1. The highest BCUT2D eigenvalue weighted by Crippen LogP contribution is 2.23. The van der Waals surface area contributed by atoms with Crippen LogP contribution in [-0.2, 0) is 9.53 Å². The summed E-state index contributed by atoms with van der Waals surface area (Å²) in [6, 6.07) is 3.58. The lowest BCUT2D eigenvalue weighted by Crippen LogP contribution is -2.25. The van der Waals surface area contributed by atoms with Gasteiger partial charge in [-0.3, -0.25) is 4.79 Å². The number of carbonyl (C=O) groups excluding carboxylic acids is 1. The summed E-state index contributed by atoms with van der Waals surface area (Å²) in [5, 5.41) is 0. The van der Waals surface area contributed by atoms with Crippen LogP contribution in [0.1, 0.15) is 17.9 Å². The standard InChI is InChI=1S/C10H12N2O2/c11-10-2-1-7(5-12-10)8-3-4-14-6-9(8)13/h1-2,5,8H,3-4,6H2,(H2,11,12). The van der Waals surface area contributed by atoms with Crippen LogP contribution in [0.25, 0.3) is 0 Å². The Hall–Kier alpha value is -1.42. The zero-order valence-corrected chi connectivity index (χ0v) is 7.77. The summed E-state index contributed by atoms with van der Waals surface area (Å²) in [5.41, 5.74) is 6.41. The van der Waals surface area contributed by atoms with Crippen molar-refractivity contribution in [1.29, 1.82) is 0 Å². The molecule has 4 heteroatoms. The molecule has 0 amide bonds. The van der Waals surface area contributed by atoms with Crippen LogP contribution in [0, 0.1) is 0 Å². The zero-order valence-electron chi connectivity index (χ0n) is 7.77. The summed E-state index contributed by atoms with van der Waals surface area (Å²) < 4.78 is 5.06. The molecule has 0 saturated carbocycles. The molecule has 1 unspecified atom stereocenters. The Balaban J connectivity index is 2.20. The van der Waals surface area contributed by atoms with E-state index in [1.54, 1.807) is 12.3 Å². The molecule has 2 heterocycles. The van der Waals surface area contributed by atoms with Crippen LogP contribution in [0.2, 0.25) is 0 Å². The van der Waals surface area contributed by atoms with Crippen LogP contribution >= 0.6 is 0 Å². The highest BCUT2D eigenvalue weighted by molar-refractivity contribution is 5.87. The second-order valence-electron chi connectivity index (χ2n) is 3.38. The predicted octanol–water partition coefficient (Wildman–Crippen LogP) is 0.737. The van der Waals surface area contributed by atoms with Crippen LogP contribution in [0.15, 0.2) is 18.3 Å². The fourth-order valence-electron chi connectivity index (χ4n) is 1.61. The molecule has 2 N–H and O–H groups in total. The Bertz CT molecular complexity index is 334. The number of rotatable bonds is 1. The summed E-state index contributed by atoms with van der Waals surface area (Å²) in [4.78, 5) is 15.5. The molecule has 2 rings (SSSR count). The fraction of sp³-hybridized carbons (Fsp3) is 0.400. The average molecular weight is 192 g/mol. The van der Waals surface area contributed by atoms with Crippen molar-refractivity contribution in [3.63, 3.8) is 0 Å². The molecule has 1 aliphatic heterocycles. The monoisotopic (exact) mass is 192 g/mol. The lowest BCUT2D eigenvalue weighted by Gasteiger charge is -2.20. The van der Waals surface area contributed by atoms with Crippen LogP contribution < -0.4 is 5.73 Å². The molecule has 1 aromatic heterocycles. The van der Waals surface area contributed by atoms with Gasteiger partial charge < -0.3 is 10.5 Å². The van der Waals surface area contributed by atoms with Crippen LogP contribution in [0.4, 0.5) is 5.82 Å². The Labute approximate surface area is 82.1 Å². The molecule has 0 bridgehead atoms. The van der Waals surface area contributed by atoms with E-state index in [2.05, 4.69) is 4.98 Å². The summed E-state index contributed by atoms with van der Waals surface area (Å²) in [7, 11) is 0. The number of anilines is 1. The van der Waals surface area contributed by atoms with Crippen LogP contribution in [0.5, 0.6) is 0 Å². The molecule has 1 saturated heterocycles. The van der Waals surface area contributed by atoms with E-state index >= 15 is 0 Å². The number of aromatic nitrogens is 1. The van der Waals surface area contributed by atoms with Gasteiger partial charge in [-0.05, 0) is 18.1 Å². The van der Waals surface area contributed by atoms with Gasteiger partial charge in [-0.2, -0.15) is 0 Å². The van der Waals surface area contributed by atoms with Gasteiger partial charge in [-0.25, -0.2) is 4.98 Å². The van der Waals surface area contributed by atoms with Gasteiger partial charge >= 0.3 is 0 Å². The molecule has 14 heavy (non-hydrogen) atoms. The number of carbonyl (C=O) groups is 1. The van der Waals surface area contributed by atoms with Gasteiger partial charge in [0.15, 0.2) is 5.78 Å². The van der Waals surface area contributed by atoms with Crippen molar-refractivity contribution in [3.8, 4) is 0 Å². The normalized spacial score (nSPS) is 22.3. The second-order valence-corrected chi connectivity index (χ2v) is 3.38. The SMILES string of the molecule is Nc1ccc(C2CCOCC2=O)cn1. The molecule has 1 aromatic rings. The first-order valence-electron chi connectivity index (χ1n) is 4.59. The summed E-state index contributed by atoms with van der Waals surface area (Å²) in [5.74, 6) is 0.549. The van der Waals surface area contributed by atoms with Gasteiger partial charge in [0.05, 0.1) is 0 Å². The van der Waals surface area contributed by atoms with Crippen molar-refractivity contribution in [3.05, 3.63) is 23.9 Å². The van der Waals surface area contributed by atoms with Crippen molar-refractivity contribution in [2.75, 3.05) is 18.9 Å². The summed E-state index contributed by atoms with van der Waals surface area (Å²) in [6.45, 7) is 0.857. The first-order chi connectivity index (χ1) is 6.77. The number of nitrogens with zero attached hydrogens (tertiary/aromatic N) is 1. The van der Waals surface area contributed by atoms with E-state index in [0.717, 1.165) is 12.0 Å². The Morgan fingerprint density at radius 2 is 2.36 bits per heavy atom. The van der Waals surface area contributed by atoms with Gasteiger partial charge in [0.1, 0.15) is 12.4 Å². The summed E-state index contributed by atoms with van der Waals surface area (Å²) >= 11 is 0. The van der Waals surface area contributed by atoms with Gasteiger partial charge in [0.2, 0.25) is 0 Å². The van der Waals surface area contributed by atoms with Gasteiger partial charge in [-0.15, -0.1) is 0 Å². The van der Waals surface area contributed by atoms with Crippen LogP contribution in [0.3, 0.4) is 0 Å². The third kappa shape index (κ3) is 1.75. The largest absolute Gasteiger partial charge is 0.384 e. The van der Waals surface area contributed by atoms with Crippen molar-refractivity contribution >= 4 is 11.6 Å². The minimum Gasteiger partial charge on any atom is -0.384 e. The van der Waals surface area contributed by atoms with Gasteiger partial charge in [-0.1, -0.05) is 6.07 Å². The number of pyridine rings is 1. The van der Waals surface area contributed by atoms with Crippen LogP contribution in [-0.4, -0.2) is 24.0 Å². The number of ether oxygens (including phenoxy) is 1. The maximum absolute atomic E-state index is 11.5. The molecule has 0 radical (unpaired) electrons. The molecule has 1 aliphatic rings. The molecule has 1 atom stereocenters. The maximum Gasteiger partial charge on any atom is 0.166 e. The van der Waals surface area contributed by atoms with E-state index in [9.17, 15) is 4.79 Å². The molecule has 74 valence electrons. The number of hydrogen-bond acceptors (Lipinski definition) is 4. The van der Waals surface area contributed by atoms with Crippen molar-refractivity contribution in [2.45, 2.75) is 12.3 Å². The molecule has 0 spiro atoms. The third-order valence-electron chi connectivity index (χ3n) is 2.40. The lowest BCUT2D eigenvalue weighted by atomic mass is 9.92. The minimum atomic E-state index is -0.0585. The summed E-state index contributed by atoms with van der Waals surface area (Å²) in [6.07, 6.45) is 2.41. The molecule has 0 aromatic carbocycles. The third-order valence-corrected chi connectivity index (χ3v) is 2.40. The first-order valence-corrected chi connectivity index (χ1v) is 4.59. The molecule has 4 nitrogen and oxygen atoms in total. The number of ketones is 1. The minimum absolute atomic E-state index is 0.0585.